The second kappa shape index (κ2) is 11.3. The normalized spacial score (nSPS) is 20.9. The summed E-state index contributed by atoms with van der Waals surface area (Å²) in [7, 11) is 3.80. The van der Waals surface area contributed by atoms with Crippen molar-refractivity contribution in [3.8, 4) is 5.75 Å². The number of rotatable bonds is 5. The van der Waals surface area contributed by atoms with Crippen LogP contribution in [0, 0.1) is 0 Å². The summed E-state index contributed by atoms with van der Waals surface area (Å²) in [5, 5.41) is 3.33. The van der Waals surface area contributed by atoms with Crippen LogP contribution in [0.5, 0.6) is 5.75 Å². The van der Waals surface area contributed by atoms with Crippen LogP contribution < -0.4 is 15.0 Å². The van der Waals surface area contributed by atoms with Crippen molar-refractivity contribution in [1.82, 2.24) is 15.1 Å². The molecular weight excluding hydrogens is 500 g/mol. The Hall–Kier alpha value is -3.84. The largest absolute Gasteiger partial charge is 0.497 e. The molecule has 0 saturated carbocycles. The molecule has 0 bridgehead atoms. The molecule has 2 aliphatic heterocycles. The number of amides is 2. The van der Waals surface area contributed by atoms with Crippen molar-refractivity contribution in [1.29, 1.82) is 0 Å². The van der Waals surface area contributed by atoms with Crippen LogP contribution in [0.2, 0.25) is 0 Å². The molecule has 1 saturated heterocycles. The first-order valence-corrected chi connectivity index (χ1v) is 14.4. The van der Waals surface area contributed by atoms with E-state index in [0.717, 1.165) is 73.6 Å². The number of anilines is 1. The Morgan fingerprint density at radius 3 is 2.50 bits per heavy atom. The number of piperazine rings is 1. The Bertz CT molecular complexity index is 1400. The lowest BCUT2D eigenvalue weighted by atomic mass is 9.86. The van der Waals surface area contributed by atoms with E-state index in [2.05, 4.69) is 46.4 Å². The van der Waals surface area contributed by atoms with E-state index < -0.39 is 6.04 Å². The predicted octanol–water partition coefficient (Wildman–Crippen LogP) is 4.21. The third-order valence-electron chi connectivity index (χ3n) is 8.76. The van der Waals surface area contributed by atoms with Gasteiger partial charge in [-0.1, -0.05) is 36.4 Å². The number of nitrogens with one attached hydrogen (secondary N) is 1. The average Bonchev–Trinajstić information content (AvgIpc) is 3.00. The minimum absolute atomic E-state index is 0.0963. The molecule has 7 heteroatoms. The van der Waals surface area contributed by atoms with Gasteiger partial charge in [0.2, 0.25) is 5.91 Å². The van der Waals surface area contributed by atoms with Crippen molar-refractivity contribution in [2.45, 2.75) is 44.3 Å². The van der Waals surface area contributed by atoms with Crippen molar-refractivity contribution >= 4 is 17.5 Å². The molecule has 2 atom stereocenters. The number of ether oxygens (including phenoxy) is 1. The van der Waals surface area contributed by atoms with E-state index in [4.69, 9.17) is 4.74 Å². The maximum Gasteiger partial charge on any atom is 0.254 e. The smallest absolute Gasteiger partial charge is 0.254 e. The molecule has 0 radical (unpaired) electrons. The number of likely N-dealkylation sites (N-methyl/N-ethyl adjacent to an activating group) is 1. The van der Waals surface area contributed by atoms with Crippen molar-refractivity contribution in [2.24, 2.45) is 0 Å². The lowest BCUT2D eigenvalue weighted by Gasteiger charge is -2.38. The molecule has 3 aromatic rings. The fraction of sp³-hybridized carbons (Fsp3) is 0.394. The Morgan fingerprint density at radius 2 is 1.70 bits per heavy atom. The van der Waals surface area contributed by atoms with Crippen molar-refractivity contribution < 1.29 is 14.3 Å². The highest BCUT2D eigenvalue weighted by Gasteiger charge is 2.36. The molecule has 2 amide bonds. The first-order chi connectivity index (χ1) is 19.5. The number of nitrogens with zero attached hydrogens (tertiary/aromatic N) is 3. The molecule has 2 unspecified atom stereocenters. The van der Waals surface area contributed by atoms with E-state index in [1.165, 1.54) is 5.56 Å². The minimum atomic E-state index is -0.578. The zero-order valence-corrected chi connectivity index (χ0v) is 23.4. The Morgan fingerprint density at radius 1 is 0.900 bits per heavy atom. The maximum absolute atomic E-state index is 14.1. The van der Waals surface area contributed by atoms with Crippen LogP contribution in [0.1, 0.15) is 51.5 Å². The Labute approximate surface area is 236 Å². The fourth-order valence-corrected chi connectivity index (χ4v) is 6.36. The van der Waals surface area contributed by atoms with Crippen LogP contribution in [0.3, 0.4) is 0 Å². The molecule has 7 nitrogen and oxygen atoms in total. The molecule has 0 spiro atoms. The highest BCUT2D eigenvalue weighted by Crippen LogP contribution is 2.33. The first-order valence-electron chi connectivity index (χ1n) is 14.4. The summed E-state index contributed by atoms with van der Waals surface area (Å²) in [6.45, 7) is 4.29. The molecule has 1 N–H and O–H groups in total. The number of hydrogen-bond acceptors (Lipinski definition) is 5. The molecule has 1 fully saturated rings. The molecule has 3 aliphatic rings. The maximum atomic E-state index is 14.1. The van der Waals surface area contributed by atoms with Crippen LogP contribution >= 0.6 is 0 Å². The number of hydrogen-bond donors (Lipinski definition) is 1. The number of carbonyl (C=O) groups excluding carboxylic acids is 2. The topological polar surface area (TPSA) is 65.1 Å². The van der Waals surface area contributed by atoms with Gasteiger partial charge in [-0.3, -0.25) is 9.59 Å². The summed E-state index contributed by atoms with van der Waals surface area (Å²) in [4.78, 5) is 34.5. The standard InChI is InChI=1S/C33H38N4O3/c1-35-15-17-36(18-16-35)27-11-5-10-25(19-27)33(39)37-22-26-8-4-3-7-24(26)20-31(37)32(38)34-30-12-6-9-23-13-14-28(40-2)21-29(23)30/h3-5,7-8,10-11,13-14,19,21,30-31H,6,9,12,15-18,20,22H2,1-2H3,(H,34,38). The molecule has 3 aromatic carbocycles. The predicted molar refractivity (Wildman–Crippen MR) is 157 cm³/mol. The Kier molecular flexibility index (Phi) is 7.48. The average molecular weight is 539 g/mol. The molecule has 40 heavy (non-hydrogen) atoms. The molecule has 2 heterocycles. The van der Waals surface area contributed by atoms with Gasteiger partial charge in [-0.25, -0.2) is 0 Å². The number of carbonyl (C=O) groups is 2. The molecule has 1 aliphatic carbocycles. The third-order valence-corrected chi connectivity index (χ3v) is 8.76. The number of methoxy groups -OCH3 is 1. The second-order valence-corrected chi connectivity index (χ2v) is 11.3. The Balaban J connectivity index is 1.27. The lowest BCUT2D eigenvalue weighted by molar-refractivity contribution is -0.127. The first kappa shape index (κ1) is 26.4. The van der Waals surface area contributed by atoms with Gasteiger partial charge in [0.1, 0.15) is 11.8 Å². The van der Waals surface area contributed by atoms with Crippen molar-refractivity contribution in [2.75, 3.05) is 45.2 Å². The fourth-order valence-electron chi connectivity index (χ4n) is 6.36. The van der Waals surface area contributed by atoms with E-state index in [1.54, 1.807) is 12.0 Å². The number of aryl methyl sites for hydroxylation is 1. The quantitative estimate of drug-likeness (QED) is 0.527. The summed E-state index contributed by atoms with van der Waals surface area (Å²) in [5.41, 5.74) is 6.28. The van der Waals surface area contributed by atoms with Gasteiger partial charge in [-0.05, 0) is 78.9 Å². The zero-order valence-electron chi connectivity index (χ0n) is 23.4. The van der Waals surface area contributed by atoms with E-state index in [1.807, 2.05) is 42.5 Å². The second-order valence-electron chi connectivity index (χ2n) is 11.3. The van der Waals surface area contributed by atoms with Crippen LogP contribution in [-0.4, -0.2) is 68.0 Å². The van der Waals surface area contributed by atoms with E-state index >= 15 is 0 Å². The van der Waals surface area contributed by atoms with Gasteiger partial charge >= 0.3 is 0 Å². The van der Waals surface area contributed by atoms with Gasteiger partial charge in [0.25, 0.3) is 5.91 Å². The van der Waals surface area contributed by atoms with Crippen molar-refractivity contribution in [3.05, 3.63) is 94.5 Å². The van der Waals surface area contributed by atoms with Crippen LogP contribution in [-0.2, 0) is 24.2 Å². The van der Waals surface area contributed by atoms with Gasteiger partial charge in [-0.2, -0.15) is 0 Å². The van der Waals surface area contributed by atoms with E-state index in [9.17, 15) is 9.59 Å². The summed E-state index contributed by atoms with van der Waals surface area (Å²) in [6.07, 6.45) is 3.38. The molecular formula is C33H38N4O3. The van der Waals surface area contributed by atoms with E-state index in [-0.39, 0.29) is 17.9 Å². The van der Waals surface area contributed by atoms with E-state index in [0.29, 0.717) is 18.5 Å². The molecule has 0 aromatic heterocycles. The van der Waals surface area contributed by atoms with Crippen molar-refractivity contribution in [3.63, 3.8) is 0 Å². The van der Waals surface area contributed by atoms with Gasteiger partial charge in [0.15, 0.2) is 0 Å². The highest BCUT2D eigenvalue weighted by molar-refractivity contribution is 5.98. The summed E-state index contributed by atoms with van der Waals surface area (Å²) in [6, 6.07) is 21.5. The summed E-state index contributed by atoms with van der Waals surface area (Å²) in [5.74, 6) is 0.596. The van der Waals surface area contributed by atoms with Gasteiger partial charge < -0.3 is 24.8 Å². The monoisotopic (exact) mass is 538 g/mol. The van der Waals surface area contributed by atoms with Gasteiger partial charge in [0, 0.05) is 50.4 Å². The minimum Gasteiger partial charge on any atom is -0.497 e. The van der Waals surface area contributed by atoms with Crippen LogP contribution in [0.4, 0.5) is 5.69 Å². The summed E-state index contributed by atoms with van der Waals surface area (Å²) >= 11 is 0. The SMILES string of the molecule is COc1ccc2c(c1)C(NC(=O)C1Cc3ccccc3CN1C(=O)c1cccc(N3CCN(C)CC3)c1)CCC2. The number of fused-ring (bicyclic) bond motifs is 2. The van der Waals surface area contributed by atoms with Gasteiger partial charge in [0.05, 0.1) is 13.2 Å². The lowest BCUT2D eigenvalue weighted by Crippen LogP contribution is -2.53. The molecule has 208 valence electrons. The number of benzene rings is 3. The zero-order chi connectivity index (χ0) is 27.6. The molecule has 6 rings (SSSR count). The third kappa shape index (κ3) is 5.30. The highest BCUT2D eigenvalue weighted by atomic mass is 16.5. The summed E-state index contributed by atoms with van der Waals surface area (Å²) < 4.78 is 5.47. The van der Waals surface area contributed by atoms with Gasteiger partial charge in [-0.15, -0.1) is 0 Å². The van der Waals surface area contributed by atoms with Crippen LogP contribution in [0.15, 0.2) is 66.7 Å². The van der Waals surface area contributed by atoms with Crippen LogP contribution in [0.25, 0.3) is 0 Å².